The molecule has 0 atom stereocenters. The molecule has 34 heavy (non-hydrogen) atoms. The fraction of sp³-hybridized carbons (Fsp3) is 0.0714. The lowest BCUT2D eigenvalue weighted by Gasteiger charge is -2.05. The van der Waals surface area contributed by atoms with Crippen LogP contribution >= 0.6 is 0 Å². The fourth-order valence-corrected chi connectivity index (χ4v) is 4.45. The molecule has 0 spiro atoms. The monoisotopic (exact) mass is 445 g/mol. The van der Waals surface area contributed by atoms with Crippen molar-refractivity contribution >= 4 is 29.0 Å². The minimum Gasteiger partial charge on any atom is -0.416 e. The number of oxazole rings is 1. The molecule has 0 saturated heterocycles. The molecule has 0 bridgehead atoms. The van der Waals surface area contributed by atoms with Crippen LogP contribution in [0, 0.1) is 13.8 Å². The van der Waals surface area contributed by atoms with Crippen LogP contribution in [0.4, 0.5) is 0 Å². The van der Waals surface area contributed by atoms with Crippen LogP contribution in [-0.4, -0.2) is 26.1 Å². The molecule has 2 heterocycles. The number of imidazole rings is 1. The molecule has 5 aromatic rings. The van der Waals surface area contributed by atoms with Crippen LogP contribution in [0.3, 0.4) is 0 Å². The first-order chi connectivity index (χ1) is 16.5. The van der Waals surface area contributed by atoms with Gasteiger partial charge in [-0.2, -0.15) is 9.97 Å². The molecule has 0 amide bonds. The first kappa shape index (κ1) is 20.1. The third kappa shape index (κ3) is 2.96. The number of aromatic nitrogens is 3. The Morgan fingerprint density at radius 2 is 1.35 bits per heavy atom. The van der Waals surface area contributed by atoms with E-state index in [1.54, 1.807) is 6.08 Å². The molecule has 0 radical (unpaired) electrons. The Bertz CT molecular complexity index is 1600. The van der Waals surface area contributed by atoms with Crippen molar-refractivity contribution in [2.75, 3.05) is 0 Å². The number of carbonyl (C=O) groups is 2. The topological polar surface area (TPSA) is 78.0 Å². The van der Waals surface area contributed by atoms with E-state index in [4.69, 9.17) is 9.40 Å². The van der Waals surface area contributed by atoms with Gasteiger partial charge in [0.2, 0.25) is 11.5 Å². The summed E-state index contributed by atoms with van der Waals surface area (Å²) in [5.74, 6) is 0.303. The number of benzene rings is 3. The van der Waals surface area contributed by atoms with E-state index >= 15 is 0 Å². The molecule has 0 fully saturated rings. The van der Waals surface area contributed by atoms with Gasteiger partial charge in [-0.05, 0) is 55.3 Å². The minimum atomic E-state index is -0.279. The average molecular weight is 445 g/mol. The van der Waals surface area contributed by atoms with Crippen LogP contribution in [-0.2, 0) is 0 Å². The second-order valence-corrected chi connectivity index (χ2v) is 8.32. The molecule has 164 valence electrons. The molecular formula is C28H19N3O3. The van der Waals surface area contributed by atoms with Crippen LogP contribution < -0.4 is 0 Å². The van der Waals surface area contributed by atoms with Gasteiger partial charge in [0.25, 0.3) is 5.71 Å². The van der Waals surface area contributed by atoms with Gasteiger partial charge in [0.05, 0.1) is 5.57 Å². The number of aryl methyl sites for hydroxylation is 2. The summed E-state index contributed by atoms with van der Waals surface area (Å²) in [6.45, 7) is 3.69. The lowest BCUT2D eigenvalue weighted by molar-refractivity contribution is 0.0990. The van der Waals surface area contributed by atoms with Crippen molar-refractivity contribution in [1.82, 2.24) is 14.5 Å². The number of Topliss-reactive ketones (excluding diaryl/α,β-unsaturated/α-hetero) is 2. The predicted molar refractivity (Wildman–Crippen MR) is 129 cm³/mol. The summed E-state index contributed by atoms with van der Waals surface area (Å²) in [6.07, 6.45) is 1.55. The molecule has 0 saturated carbocycles. The highest BCUT2D eigenvalue weighted by molar-refractivity contribution is 6.42. The highest BCUT2D eigenvalue weighted by Gasteiger charge is 2.36. The Morgan fingerprint density at radius 1 is 0.765 bits per heavy atom. The third-order valence-electron chi connectivity index (χ3n) is 6.12. The van der Waals surface area contributed by atoms with E-state index in [0.717, 1.165) is 22.4 Å². The van der Waals surface area contributed by atoms with E-state index in [1.165, 1.54) is 0 Å². The molecule has 2 aromatic heterocycles. The summed E-state index contributed by atoms with van der Waals surface area (Å²) < 4.78 is 7.78. The van der Waals surface area contributed by atoms with E-state index in [1.807, 2.05) is 91.2 Å². The van der Waals surface area contributed by atoms with E-state index in [9.17, 15) is 9.59 Å². The first-order valence-corrected chi connectivity index (χ1v) is 10.9. The van der Waals surface area contributed by atoms with Gasteiger partial charge in [0, 0.05) is 22.4 Å². The van der Waals surface area contributed by atoms with Gasteiger partial charge in [-0.1, -0.05) is 48.5 Å². The van der Waals surface area contributed by atoms with Crippen molar-refractivity contribution in [3.05, 3.63) is 106 Å². The summed E-state index contributed by atoms with van der Waals surface area (Å²) in [6, 6.07) is 22.9. The smallest absolute Gasteiger partial charge is 0.267 e. The zero-order valence-electron chi connectivity index (χ0n) is 18.6. The Labute approximate surface area is 195 Å². The number of ketones is 2. The van der Waals surface area contributed by atoms with Crippen molar-refractivity contribution in [2.45, 2.75) is 13.8 Å². The average Bonchev–Trinajstić information content (AvgIpc) is 3.49. The molecule has 0 unspecified atom stereocenters. The SMILES string of the molecule is Cc1ccc(C)c2c1C(=O)C(=Cc1nc3oc(-c4ccccc4)nc3n1-c1ccccc1)C2=O. The number of rotatable bonds is 3. The van der Waals surface area contributed by atoms with Gasteiger partial charge in [0.15, 0.2) is 11.6 Å². The number of carbonyl (C=O) groups excluding carboxylic acids is 2. The summed E-state index contributed by atoms with van der Waals surface area (Å²) in [5.41, 5.74) is 5.10. The molecule has 0 N–H and O–H groups in total. The Morgan fingerprint density at radius 3 is 1.97 bits per heavy atom. The van der Waals surface area contributed by atoms with Crippen LogP contribution in [0.25, 0.3) is 34.6 Å². The van der Waals surface area contributed by atoms with Gasteiger partial charge in [-0.3, -0.25) is 14.2 Å². The number of fused-ring (bicyclic) bond motifs is 2. The number of hydrogen-bond acceptors (Lipinski definition) is 5. The maximum absolute atomic E-state index is 13.3. The van der Waals surface area contributed by atoms with Gasteiger partial charge in [0.1, 0.15) is 5.82 Å². The quantitative estimate of drug-likeness (QED) is 0.261. The molecule has 6 heteroatoms. The second-order valence-electron chi connectivity index (χ2n) is 8.32. The van der Waals surface area contributed by atoms with Gasteiger partial charge in [-0.15, -0.1) is 0 Å². The third-order valence-corrected chi connectivity index (χ3v) is 6.12. The Balaban J connectivity index is 1.55. The molecule has 3 aromatic carbocycles. The fourth-order valence-electron chi connectivity index (χ4n) is 4.45. The largest absolute Gasteiger partial charge is 0.416 e. The molecule has 6 rings (SSSR count). The van der Waals surface area contributed by atoms with E-state index < -0.39 is 0 Å². The summed E-state index contributed by atoms with van der Waals surface area (Å²) in [5, 5.41) is 0. The molecule has 6 nitrogen and oxygen atoms in total. The lowest BCUT2D eigenvalue weighted by Crippen LogP contribution is -2.04. The van der Waals surface area contributed by atoms with Crippen LogP contribution in [0.5, 0.6) is 0 Å². The van der Waals surface area contributed by atoms with Gasteiger partial charge < -0.3 is 4.42 Å². The highest BCUT2D eigenvalue weighted by atomic mass is 16.4. The summed E-state index contributed by atoms with van der Waals surface area (Å²) >= 11 is 0. The van der Waals surface area contributed by atoms with Crippen molar-refractivity contribution in [3.8, 4) is 17.1 Å². The maximum Gasteiger partial charge on any atom is 0.267 e. The van der Waals surface area contributed by atoms with E-state index in [-0.39, 0.29) is 17.1 Å². The minimum absolute atomic E-state index is 0.0977. The standard InChI is InChI=1S/C28H19N3O3/c1-16-13-14-17(2)23-22(16)24(32)20(25(23)33)15-21-29-28-26(31(21)19-11-7-4-8-12-19)30-27(34-28)18-9-5-3-6-10-18/h3-15H,1-2H3. The summed E-state index contributed by atoms with van der Waals surface area (Å²) in [4.78, 5) is 35.8. The predicted octanol–water partition coefficient (Wildman–Crippen LogP) is 5.76. The van der Waals surface area contributed by atoms with Crippen LogP contribution in [0.15, 0.2) is 82.8 Å². The Kier molecular flexibility index (Phi) is 4.42. The lowest BCUT2D eigenvalue weighted by atomic mass is 9.99. The molecule has 1 aliphatic carbocycles. The van der Waals surface area contributed by atoms with E-state index in [0.29, 0.717) is 34.2 Å². The number of nitrogens with zero attached hydrogens (tertiary/aromatic N) is 3. The molecular weight excluding hydrogens is 426 g/mol. The number of hydrogen-bond donors (Lipinski definition) is 0. The molecule has 0 aliphatic heterocycles. The zero-order chi connectivity index (χ0) is 23.4. The highest BCUT2D eigenvalue weighted by Crippen LogP contribution is 2.34. The summed E-state index contributed by atoms with van der Waals surface area (Å²) in [7, 11) is 0. The van der Waals surface area contributed by atoms with E-state index in [2.05, 4.69) is 4.98 Å². The molecule has 1 aliphatic rings. The van der Waals surface area contributed by atoms with Gasteiger partial charge >= 0.3 is 0 Å². The number of para-hydroxylation sites is 1. The van der Waals surface area contributed by atoms with Gasteiger partial charge in [-0.25, -0.2) is 0 Å². The van der Waals surface area contributed by atoms with Crippen molar-refractivity contribution in [2.24, 2.45) is 0 Å². The van der Waals surface area contributed by atoms with Crippen molar-refractivity contribution in [1.29, 1.82) is 0 Å². The van der Waals surface area contributed by atoms with Crippen molar-refractivity contribution < 1.29 is 14.0 Å². The first-order valence-electron chi connectivity index (χ1n) is 10.9. The maximum atomic E-state index is 13.3. The second kappa shape index (κ2) is 7.49. The zero-order valence-corrected chi connectivity index (χ0v) is 18.6. The Hall–Kier alpha value is -4.58. The van der Waals surface area contributed by atoms with Crippen molar-refractivity contribution in [3.63, 3.8) is 0 Å². The van der Waals surface area contributed by atoms with Crippen LogP contribution in [0.2, 0.25) is 0 Å². The normalized spacial score (nSPS) is 13.1. The number of allylic oxidation sites excluding steroid dienone is 1. The van der Waals surface area contributed by atoms with Crippen LogP contribution in [0.1, 0.15) is 37.7 Å².